The van der Waals surface area contributed by atoms with E-state index < -0.39 is 29.3 Å². The number of benzene rings is 1. The number of alkyl halides is 3. The highest BCUT2D eigenvalue weighted by Gasteiger charge is 2.37. The number of aromatic nitrogens is 3. The van der Waals surface area contributed by atoms with Gasteiger partial charge in [-0.3, -0.25) is 0 Å². The Balaban J connectivity index is 1.76. The van der Waals surface area contributed by atoms with Crippen molar-refractivity contribution in [1.29, 1.82) is 0 Å². The number of nitrogens with zero attached hydrogens (tertiary/aromatic N) is 3. The molecular weight excluding hydrogens is 435 g/mol. The van der Waals surface area contributed by atoms with Gasteiger partial charge in [0.05, 0.1) is 11.8 Å². The Bertz CT molecular complexity index is 1270. The lowest BCUT2D eigenvalue weighted by Gasteiger charge is -2.11. The summed E-state index contributed by atoms with van der Waals surface area (Å²) in [5, 5.41) is 11.1. The summed E-state index contributed by atoms with van der Waals surface area (Å²) in [5.41, 5.74) is -0.298. The molecule has 0 saturated heterocycles. The number of pyridine rings is 2. The first kappa shape index (κ1) is 20.7. The van der Waals surface area contributed by atoms with Crippen LogP contribution in [0, 0.1) is 0 Å². The lowest BCUT2D eigenvalue weighted by atomic mass is 10.2. The van der Waals surface area contributed by atoms with E-state index in [1.165, 1.54) is 33.5 Å². The predicted octanol–water partition coefficient (Wildman–Crippen LogP) is 4.27. The van der Waals surface area contributed by atoms with Gasteiger partial charge in [-0.25, -0.2) is 9.78 Å². The number of ether oxygens (including phenoxy) is 1. The molecule has 0 amide bonds. The van der Waals surface area contributed by atoms with Gasteiger partial charge in [0.25, 0.3) is 5.65 Å². The van der Waals surface area contributed by atoms with Gasteiger partial charge in [0.1, 0.15) is 17.4 Å². The first-order chi connectivity index (χ1) is 14.8. The second-order valence-electron chi connectivity index (χ2n) is 6.56. The number of imidazole rings is 1. The average molecular weight is 449 g/mol. The number of carbonyl (C=O) groups is 1. The highest BCUT2D eigenvalue weighted by molar-refractivity contribution is 6.29. The van der Waals surface area contributed by atoms with E-state index in [-0.39, 0.29) is 12.2 Å². The SMILES string of the molecule is O=C(Oc1ccccc1C(F)(F)F)c1c(O)n(Cc2ccc(Cl)nc2)c2cccc[n+]12. The van der Waals surface area contributed by atoms with Crippen molar-refractivity contribution in [3.05, 3.63) is 89.0 Å². The van der Waals surface area contributed by atoms with Crippen molar-refractivity contribution in [1.82, 2.24) is 9.55 Å². The molecular formula is C21H14ClF3N3O3+. The molecule has 6 nitrogen and oxygen atoms in total. The summed E-state index contributed by atoms with van der Waals surface area (Å²) in [6.45, 7) is 0.135. The maximum atomic E-state index is 13.2. The molecule has 0 spiro atoms. The summed E-state index contributed by atoms with van der Waals surface area (Å²) in [4.78, 5) is 16.8. The third kappa shape index (κ3) is 4.04. The molecule has 3 aromatic heterocycles. The average Bonchev–Trinajstić information content (AvgIpc) is 3.01. The van der Waals surface area contributed by atoms with Crippen molar-refractivity contribution in [3.8, 4) is 11.6 Å². The van der Waals surface area contributed by atoms with Crippen LogP contribution in [0.4, 0.5) is 13.2 Å². The molecule has 0 radical (unpaired) electrons. The molecule has 158 valence electrons. The third-order valence-corrected chi connectivity index (χ3v) is 4.76. The van der Waals surface area contributed by atoms with Crippen LogP contribution in [0.25, 0.3) is 5.65 Å². The number of fused-ring (bicyclic) bond motifs is 1. The van der Waals surface area contributed by atoms with E-state index in [1.807, 2.05) is 0 Å². The largest absolute Gasteiger partial charge is 0.474 e. The predicted molar refractivity (Wildman–Crippen MR) is 104 cm³/mol. The molecule has 0 aliphatic carbocycles. The molecule has 1 aromatic carbocycles. The van der Waals surface area contributed by atoms with Crippen LogP contribution in [-0.2, 0) is 12.7 Å². The Hall–Kier alpha value is -3.59. The molecule has 0 aliphatic rings. The molecule has 0 fully saturated rings. The van der Waals surface area contributed by atoms with Crippen LogP contribution in [0.15, 0.2) is 67.0 Å². The Morgan fingerprint density at radius 1 is 1.13 bits per heavy atom. The van der Waals surface area contributed by atoms with Gasteiger partial charge in [0.15, 0.2) is 0 Å². The minimum absolute atomic E-state index is 0.135. The number of carbonyl (C=O) groups excluding carboxylic acids is 1. The van der Waals surface area contributed by atoms with E-state index in [4.69, 9.17) is 16.3 Å². The van der Waals surface area contributed by atoms with Crippen LogP contribution in [-0.4, -0.2) is 20.6 Å². The van der Waals surface area contributed by atoms with E-state index in [0.29, 0.717) is 16.4 Å². The van der Waals surface area contributed by atoms with E-state index in [1.54, 1.807) is 30.3 Å². The summed E-state index contributed by atoms with van der Waals surface area (Å²) in [6, 6.07) is 12.6. The van der Waals surface area contributed by atoms with E-state index in [2.05, 4.69) is 4.98 Å². The fourth-order valence-corrected chi connectivity index (χ4v) is 3.27. The topological polar surface area (TPSA) is 68.4 Å². The maximum Gasteiger partial charge on any atom is 0.419 e. The third-order valence-electron chi connectivity index (χ3n) is 4.54. The van der Waals surface area contributed by atoms with Crippen molar-refractivity contribution in [2.24, 2.45) is 0 Å². The van der Waals surface area contributed by atoms with Crippen LogP contribution in [0.5, 0.6) is 11.6 Å². The first-order valence-corrected chi connectivity index (χ1v) is 9.34. The van der Waals surface area contributed by atoms with Gasteiger partial charge in [-0.2, -0.15) is 22.1 Å². The molecule has 4 rings (SSSR count). The molecule has 0 unspecified atom stereocenters. The Kier molecular flexibility index (Phi) is 5.28. The number of hydrogen-bond acceptors (Lipinski definition) is 4. The Morgan fingerprint density at radius 3 is 2.58 bits per heavy atom. The van der Waals surface area contributed by atoms with Crippen molar-refractivity contribution in [2.45, 2.75) is 12.7 Å². The van der Waals surface area contributed by atoms with Crippen LogP contribution in [0.3, 0.4) is 0 Å². The van der Waals surface area contributed by atoms with Gasteiger partial charge in [-0.1, -0.05) is 35.9 Å². The number of esters is 1. The van der Waals surface area contributed by atoms with Crippen LogP contribution in [0.2, 0.25) is 5.15 Å². The van der Waals surface area contributed by atoms with Gasteiger partial charge in [-0.15, -0.1) is 0 Å². The molecule has 0 bridgehead atoms. The van der Waals surface area contributed by atoms with Crippen LogP contribution in [0.1, 0.15) is 21.6 Å². The summed E-state index contributed by atoms with van der Waals surface area (Å²) in [5.74, 6) is -2.25. The molecule has 3 heterocycles. The molecule has 0 atom stereocenters. The minimum atomic E-state index is -4.71. The second kappa shape index (κ2) is 7.92. The van der Waals surface area contributed by atoms with Crippen molar-refractivity contribution >= 4 is 23.2 Å². The summed E-state index contributed by atoms with van der Waals surface area (Å²) in [7, 11) is 0. The van der Waals surface area contributed by atoms with Crippen molar-refractivity contribution in [2.75, 3.05) is 0 Å². The number of aromatic hydroxyl groups is 1. The quantitative estimate of drug-likeness (QED) is 0.219. The monoisotopic (exact) mass is 448 g/mol. The highest BCUT2D eigenvalue weighted by atomic mass is 35.5. The van der Waals surface area contributed by atoms with Gasteiger partial charge in [-0.05, 0) is 24.3 Å². The lowest BCUT2D eigenvalue weighted by molar-refractivity contribution is -0.514. The Labute approximate surface area is 178 Å². The fourth-order valence-electron chi connectivity index (χ4n) is 3.15. The van der Waals surface area contributed by atoms with Gasteiger partial charge in [0.2, 0.25) is 0 Å². The van der Waals surface area contributed by atoms with Crippen molar-refractivity contribution in [3.63, 3.8) is 0 Å². The summed E-state index contributed by atoms with van der Waals surface area (Å²) >= 11 is 5.80. The lowest BCUT2D eigenvalue weighted by Crippen LogP contribution is -2.29. The van der Waals surface area contributed by atoms with Gasteiger partial charge >= 0.3 is 23.7 Å². The van der Waals surface area contributed by atoms with Gasteiger partial charge < -0.3 is 9.84 Å². The number of rotatable bonds is 4. The highest BCUT2D eigenvalue weighted by Crippen LogP contribution is 2.36. The van der Waals surface area contributed by atoms with Gasteiger partial charge in [0, 0.05) is 17.8 Å². The normalized spacial score (nSPS) is 11.6. The molecule has 0 saturated carbocycles. The van der Waals surface area contributed by atoms with E-state index in [9.17, 15) is 23.1 Å². The van der Waals surface area contributed by atoms with E-state index >= 15 is 0 Å². The van der Waals surface area contributed by atoms with Crippen LogP contribution >= 0.6 is 11.6 Å². The smallest absolute Gasteiger partial charge is 0.419 e. The van der Waals surface area contributed by atoms with Crippen molar-refractivity contribution < 1.29 is 32.2 Å². The number of hydrogen-bond donors (Lipinski definition) is 1. The fraction of sp³-hybridized carbons (Fsp3) is 0.0952. The molecule has 1 N–H and O–H groups in total. The number of halogens is 4. The first-order valence-electron chi connectivity index (χ1n) is 8.96. The zero-order valence-electron chi connectivity index (χ0n) is 15.7. The zero-order valence-corrected chi connectivity index (χ0v) is 16.4. The maximum absolute atomic E-state index is 13.2. The Morgan fingerprint density at radius 2 is 1.87 bits per heavy atom. The molecule has 4 aromatic rings. The van der Waals surface area contributed by atoms with E-state index in [0.717, 1.165) is 12.1 Å². The summed E-state index contributed by atoms with van der Waals surface area (Å²) < 4.78 is 47.5. The standard InChI is InChI=1S/C21H13ClF3N3O3/c22-16-9-8-13(11-26-16)12-28-17-7-3-4-10-27(17)18(19(28)29)20(30)31-15-6-2-1-5-14(15)21(23,24)25/h1-11H,12H2/p+1. The molecule has 0 aliphatic heterocycles. The second-order valence-corrected chi connectivity index (χ2v) is 6.95. The number of para-hydroxylation sites is 1. The zero-order chi connectivity index (χ0) is 22.2. The summed E-state index contributed by atoms with van der Waals surface area (Å²) in [6.07, 6.45) is -1.70. The molecule has 31 heavy (non-hydrogen) atoms. The van der Waals surface area contributed by atoms with Crippen LogP contribution < -0.4 is 9.14 Å². The minimum Gasteiger partial charge on any atom is -0.474 e. The molecule has 10 heteroatoms.